The molecule has 7 nitrogen and oxygen atoms in total. The molecule has 0 aliphatic heterocycles. The molecule has 0 aromatic carbocycles. The van der Waals surface area contributed by atoms with Crippen LogP contribution in [0.15, 0.2) is 0 Å². The maximum atomic E-state index is 8.73. The van der Waals surface area contributed by atoms with E-state index >= 15 is 0 Å². The Bertz CT molecular complexity index is 304. The number of rotatable bonds is 1. The average molecular weight is 169 g/mol. The molecule has 0 atom stereocenters. The van der Waals surface area contributed by atoms with Crippen molar-refractivity contribution < 1.29 is 10.0 Å². The second-order valence-electron chi connectivity index (χ2n) is 2.14. The molecule has 0 saturated heterocycles. The minimum absolute atomic E-state index is 0.0643. The number of hydrogen-bond acceptors (Lipinski definition) is 7. The van der Waals surface area contributed by atoms with Crippen LogP contribution in [0.1, 0.15) is 0 Å². The highest BCUT2D eigenvalue weighted by Crippen LogP contribution is 2.07. The molecule has 0 unspecified atom stereocenters. The van der Waals surface area contributed by atoms with Gasteiger partial charge in [-0.25, -0.2) is 4.98 Å². The number of nitrogen functional groups attached to an aromatic ring is 3. The first-order chi connectivity index (χ1) is 5.52. The first kappa shape index (κ1) is 8.56. The molecule has 0 bridgehead atoms. The number of aromatic nitrogens is 2. The van der Waals surface area contributed by atoms with E-state index in [1.165, 1.54) is 0 Å². The Balaban J connectivity index is 3.28. The van der Waals surface area contributed by atoms with Gasteiger partial charge in [0.1, 0.15) is 5.59 Å². The molecule has 0 spiro atoms. The summed E-state index contributed by atoms with van der Waals surface area (Å²) in [6.45, 7) is 0. The van der Waals surface area contributed by atoms with E-state index in [-0.39, 0.29) is 23.0 Å². The molecule has 8 heteroatoms. The molecular formula is C4H8BN5O2. The van der Waals surface area contributed by atoms with Gasteiger partial charge in [-0.2, -0.15) is 4.98 Å². The van der Waals surface area contributed by atoms with Crippen molar-refractivity contribution in [2.45, 2.75) is 0 Å². The zero-order valence-electron chi connectivity index (χ0n) is 6.10. The van der Waals surface area contributed by atoms with E-state index in [9.17, 15) is 0 Å². The molecule has 8 N–H and O–H groups in total. The molecular weight excluding hydrogens is 161 g/mol. The van der Waals surface area contributed by atoms with E-state index < -0.39 is 7.12 Å². The summed E-state index contributed by atoms with van der Waals surface area (Å²) in [6.07, 6.45) is 0. The van der Waals surface area contributed by atoms with Gasteiger partial charge >= 0.3 is 7.12 Å². The van der Waals surface area contributed by atoms with Crippen LogP contribution in [0.2, 0.25) is 0 Å². The molecule has 0 amide bonds. The average Bonchev–Trinajstić information content (AvgIpc) is 1.96. The molecule has 1 aromatic rings. The quantitative estimate of drug-likeness (QED) is 0.280. The Morgan fingerprint density at radius 3 is 2.17 bits per heavy atom. The van der Waals surface area contributed by atoms with Crippen LogP contribution >= 0.6 is 0 Å². The fraction of sp³-hybridized carbons (Fsp3) is 0. The third kappa shape index (κ3) is 1.38. The normalized spacial score (nSPS) is 9.83. The summed E-state index contributed by atoms with van der Waals surface area (Å²) in [6, 6.07) is 0. The van der Waals surface area contributed by atoms with Gasteiger partial charge in [0.15, 0.2) is 5.82 Å². The third-order valence-corrected chi connectivity index (χ3v) is 1.27. The van der Waals surface area contributed by atoms with Gasteiger partial charge < -0.3 is 27.2 Å². The summed E-state index contributed by atoms with van der Waals surface area (Å²) in [7, 11) is -1.79. The Hall–Kier alpha value is -1.54. The zero-order valence-corrected chi connectivity index (χ0v) is 6.10. The van der Waals surface area contributed by atoms with Crippen LogP contribution in [0.25, 0.3) is 0 Å². The highest BCUT2D eigenvalue weighted by Gasteiger charge is 2.19. The predicted octanol–water partition coefficient (Wildman–Crippen LogP) is -3.10. The third-order valence-electron chi connectivity index (χ3n) is 1.27. The van der Waals surface area contributed by atoms with Gasteiger partial charge in [0.05, 0.1) is 5.69 Å². The monoisotopic (exact) mass is 169 g/mol. The smallest absolute Gasteiger partial charge is 0.422 e. The summed E-state index contributed by atoms with van der Waals surface area (Å²) in [4.78, 5) is 7.01. The van der Waals surface area contributed by atoms with Gasteiger partial charge in [-0.3, -0.25) is 0 Å². The number of nitrogens with two attached hydrogens (primary N) is 3. The second-order valence-corrected chi connectivity index (χ2v) is 2.14. The van der Waals surface area contributed by atoms with Gasteiger partial charge in [-0.05, 0) is 0 Å². The molecule has 0 aliphatic rings. The van der Waals surface area contributed by atoms with Crippen molar-refractivity contribution >= 4 is 30.2 Å². The van der Waals surface area contributed by atoms with E-state index in [1.54, 1.807) is 0 Å². The molecule has 0 saturated carbocycles. The lowest BCUT2D eigenvalue weighted by atomic mass is 9.84. The van der Waals surface area contributed by atoms with Crippen LogP contribution < -0.4 is 22.8 Å². The highest BCUT2D eigenvalue weighted by molar-refractivity contribution is 6.59. The predicted molar refractivity (Wildman–Crippen MR) is 45.1 cm³/mol. The Morgan fingerprint density at radius 2 is 1.67 bits per heavy atom. The number of hydrogen-bond donors (Lipinski definition) is 5. The summed E-state index contributed by atoms with van der Waals surface area (Å²) in [5.41, 5.74) is 15.5. The number of nitrogens with zero attached hydrogens (tertiary/aromatic N) is 2. The molecule has 12 heavy (non-hydrogen) atoms. The molecule has 64 valence electrons. The van der Waals surface area contributed by atoms with E-state index in [0.29, 0.717) is 0 Å². The van der Waals surface area contributed by atoms with Crippen molar-refractivity contribution in [3.63, 3.8) is 0 Å². The molecule has 0 radical (unpaired) electrons. The van der Waals surface area contributed by atoms with Crippen LogP contribution in [-0.2, 0) is 0 Å². The van der Waals surface area contributed by atoms with Gasteiger partial charge in [0.25, 0.3) is 0 Å². The van der Waals surface area contributed by atoms with Gasteiger partial charge in [0.2, 0.25) is 5.95 Å². The first-order valence-corrected chi connectivity index (χ1v) is 3.07. The van der Waals surface area contributed by atoms with Crippen LogP contribution in [0.5, 0.6) is 0 Å². The maximum absolute atomic E-state index is 8.73. The molecule has 1 heterocycles. The maximum Gasteiger partial charge on any atom is 0.510 e. The molecule has 0 aliphatic carbocycles. The summed E-state index contributed by atoms with van der Waals surface area (Å²) in [5, 5.41) is 17.5. The summed E-state index contributed by atoms with van der Waals surface area (Å²) in [5.74, 6) is -0.213. The van der Waals surface area contributed by atoms with Crippen molar-refractivity contribution in [2.75, 3.05) is 17.2 Å². The lowest BCUT2D eigenvalue weighted by molar-refractivity contribution is 0.424. The molecule has 0 fully saturated rings. The Morgan fingerprint density at radius 1 is 1.08 bits per heavy atom. The SMILES string of the molecule is Nc1nc(N)c(N)c(B(O)O)n1. The zero-order chi connectivity index (χ0) is 9.30. The fourth-order valence-electron chi connectivity index (χ4n) is 0.720. The van der Waals surface area contributed by atoms with Crippen molar-refractivity contribution in [2.24, 2.45) is 0 Å². The second kappa shape index (κ2) is 2.84. The fourth-order valence-corrected chi connectivity index (χ4v) is 0.720. The van der Waals surface area contributed by atoms with Crippen LogP contribution in [0.3, 0.4) is 0 Å². The van der Waals surface area contributed by atoms with Crippen molar-refractivity contribution in [1.29, 1.82) is 0 Å². The van der Waals surface area contributed by atoms with Crippen molar-refractivity contribution in [1.82, 2.24) is 9.97 Å². The van der Waals surface area contributed by atoms with Crippen LogP contribution in [-0.4, -0.2) is 27.1 Å². The van der Waals surface area contributed by atoms with Gasteiger partial charge in [-0.15, -0.1) is 0 Å². The van der Waals surface area contributed by atoms with Crippen molar-refractivity contribution in [3.05, 3.63) is 0 Å². The summed E-state index contributed by atoms with van der Waals surface area (Å²) < 4.78 is 0. The highest BCUT2D eigenvalue weighted by atomic mass is 16.4. The molecule has 1 aromatic heterocycles. The standard InChI is InChI=1S/C4H8BN5O2/c6-1-2(5(11)12)9-4(8)10-3(1)7/h11-12H,6H2,(H4,7,8,9,10). The lowest BCUT2D eigenvalue weighted by Gasteiger charge is -2.05. The minimum atomic E-state index is -1.79. The van der Waals surface area contributed by atoms with Crippen molar-refractivity contribution in [3.8, 4) is 0 Å². The van der Waals surface area contributed by atoms with Gasteiger partial charge in [-0.1, -0.05) is 0 Å². The molecule has 1 rings (SSSR count). The van der Waals surface area contributed by atoms with Crippen LogP contribution in [0.4, 0.5) is 17.5 Å². The van der Waals surface area contributed by atoms with Gasteiger partial charge in [0, 0.05) is 0 Å². The van der Waals surface area contributed by atoms with E-state index in [0.717, 1.165) is 0 Å². The minimum Gasteiger partial charge on any atom is -0.422 e. The lowest BCUT2D eigenvalue weighted by Crippen LogP contribution is -2.36. The van der Waals surface area contributed by atoms with E-state index in [4.69, 9.17) is 27.2 Å². The van der Waals surface area contributed by atoms with Crippen LogP contribution in [0, 0.1) is 0 Å². The Kier molecular flexibility index (Phi) is 2.02. The van der Waals surface area contributed by atoms with E-state index in [1.807, 2.05) is 0 Å². The Labute approximate surface area is 68.4 Å². The topological polar surface area (TPSA) is 144 Å². The first-order valence-electron chi connectivity index (χ1n) is 3.07. The summed E-state index contributed by atoms with van der Waals surface area (Å²) >= 11 is 0. The number of anilines is 3. The van der Waals surface area contributed by atoms with E-state index in [2.05, 4.69) is 9.97 Å². The largest absolute Gasteiger partial charge is 0.510 e.